The van der Waals surface area contributed by atoms with Crippen LogP contribution in [0.15, 0.2) is 24.3 Å². The third-order valence-corrected chi connectivity index (χ3v) is 6.19. The summed E-state index contributed by atoms with van der Waals surface area (Å²) in [6.07, 6.45) is 0.656. The molecule has 1 aromatic heterocycles. The zero-order valence-electron chi connectivity index (χ0n) is 19.7. The SMILES string of the molecule is CC(C)N1Cc2c(NC(C)(C)Cc3ccc(F)cc3)nc(N3CCN[C@H](CO)C3)nc2C1=O. The third kappa shape index (κ3) is 5.09. The Labute approximate surface area is 194 Å². The number of hydrogen-bond acceptors (Lipinski definition) is 7. The van der Waals surface area contributed by atoms with E-state index in [1.807, 2.05) is 18.7 Å². The Morgan fingerprint density at radius 1 is 1.27 bits per heavy atom. The van der Waals surface area contributed by atoms with Gasteiger partial charge in [-0.05, 0) is 51.8 Å². The quantitative estimate of drug-likeness (QED) is 0.588. The molecule has 9 heteroatoms. The van der Waals surface area contributed by atoms with Gasteiger partial charge in [0.25, 0.3) is 5.91 Å². The Balaban J connectivity index is 1.67. The maximum atomic E-state index is 13.3. The van der Waals surface area contributed by atoms with E-state index < -0.39 is 5.54 Å². The van der Waals surface area contributed by atoms with Gasteiger partial charge in [-0.2, -0.15) is 4.98 Å². The summed E-state index contributed by atoms with van der Waals surface area (Å²) < 4.78 is 13.3. The van der Waals surface area contributed by atoms with Crippen LogP contribution in [0.5, 0.6) is 0 Å². The number of halogens is 1. The molecule has 2 aliphatic heterocycles. The van der Waals surface area contributed by atoms with E-state index in [0.29, 0.717) is 50.1 Å². The number of amides is 1. The largest absolute Gasteiger partial charge is 0.395 e. The average molecular weight is 457 g/mol. The molecule has 0 spiro atoms. The molecule has 3 N–H and O–H groups in total. The minimum atomic E-state index is -0.400. The topological polar surface area (TPSA) is 93.6 Å². The maximum absolute atomic E-state index is 13.3. The molecule has 4 rings (SSSR count). The van der Waals surface area contributed by atoms with Crippen molar-refractivity contribution < 1.29 is 14.3 Å². The molecule has 0 bridgehead atoms. The van der Waals surface area contributed by atoms with Crippen molar-refractivity contribution in [3.63, 3.8) is 0 Å². The first-order chi connectivity index (χ1) is 15.7. The number of fused-ring (bicyclic) bond motifs is 1. The fourth-order valence-electron chi connectivity index (χ4n) is 4.45. The summed E-state index contributed by atoms with van der Waals surface area (Å²) in [6.45, 7) is 10.6. The van der Waals surface area contributed by atoms with E-state index in [1.165, 1.54) is 12.1 Å². The molecular weight excluding hydrogens is 423 g/mol. The van der Waals surface area contributed by atoms with Gasteiger partial charge < -0.3 is 25.5 Å². The van der Waals surface area contributed by atoms with Crippen molar-refractivity contribution in [2.75, 3.05) is 36.5 Å². The van der Waals surface area contributed by atoms with Crippen molar-refractivity contribution in [3.8, 4) is 0 Å². The van der Waals surface area contributed by atoms with Crippen LogP contribution in [0.4, 0.5) is 16.2 Å². The molecule has 0 unspecified atom stereocenters. The molecule has 33 heavy (non-hydrogen) atoms. The van der Waals surface area contributed by atoms with Gasteiger partial charge in [-0.25, -0.2) is 9.37 Å². The predicted molar refractivity (Wildman–Crippen MR) is 126 cm³/mol. The fourth-order valence-corrected chi connectivity index (χ4v) is 4.45. The number of carbonyl (C=O) groups excluding carboxylic acids is 1. The summed E-state index contributed by atoms with van der Waals surface area (Å²) in [5.74, 6) is 0.801. The lowest BCUT2D eigenvalue weighted by molar-refractivity contribution is 0.0726. The predicted octanol–water partition coefficient (Wildman–Crippen LogP) is 2.18. The van der Waals surface area contributed by atoms with Crippen LogP contribution in [0.3, 0.4) is 0 Å². The molecule has 0 aliphatic carbocycles. The molecule has 1 saturated heterocycles. The maximum Gasteiger partial charge on any atom is 0.273 e. The first-order valence-corrected chi connectivity index (χ1v) is 11.5. The van der Waals surface area contributed by atoms with E-state index >= 15 is 0 Å². The van der Waals surface area contributed by atoms with E-state index in [4.69, 9.17) is 4.98 Å². The first-order valence-electron chi connectivity index (χ1n) is 11.5. The van der Waals surface area contributed by atoms with Gasteiger partial charge in [0.1, 0.15) is 17.3 Å². The van der Waals surface area contributed by atoms with Crippen molar-refractivity contribution in [3.05, 3.63) is 46.9 Å². The summed E-state index contributed by atoms with van der Waals surface area (Å²) in [7, 11) is 0. The Morgan fingerprint density at radius 3 is 2.67 bits per heavy atom. The number of rotatable bonds is 7. The van der Waals surface area contributed by atoms with Crippen molar-refractivity contribution in [1.29, 1.82) is 0 Å². The molecule has 1 atom stereocenters. The molecule has 3 heterocycles. The number of anilines is 2. The molecule has 178 valence electrons. The third-order valence-electron chi connectivity index (χ3n) is 6.19. The number of aliphatic hydroxyl groups is 1. The van der Waals surface area contributed by atoms with Crippen LogP contribution >= 0.6 is 0 Å². The van der Waals surface area contributed by atoms with Crippen LogP contribution in [0.25, 0.3) is 0 Å². The number of aromatic nitrogens is 2. The van der Waals surface area contributed by atoms with Crippen molar-refractivity contribution in [2.24, 2.45) is 0 Å². The van der Waals surface area contributed by atoms with E-state index in [2.05, 4.69) is 29.5 Å². The van der Waals surface area contributed by atoms with Gasteiger partial charge in [-0.15, -0.1) is 0 Å². The standard InChI is InChI=1S/C24H33FN6O2/c1-15(2)31-13-19-20(22(31)33)27-23(30-10-9-26-18(12-30)14-32)28-21(19)29-24(3,4)11-16-5-7-17(25)8-6-16/h5-8,15,18,26,32H,9-14H2,1-4H3,(H,27,28,29)/t18-/m0/s1. The molecular formula is C24H33FN6O2. The minimum absolute atomic E-state index is 0.0251. The van der Waals surface area contributed by atoms with E-state index in [-0.39, 0.29) is 30.4 Å². The lowest BCUT2D eigenvalue weighted by Gasteiger charge is -2.34. The summed E-state index contributed by atoms with van der Waals surface area (Å²) in [5, 5.41) is 16.4. The number of carbonyl (C=O) groups is 1. The second-order valence-electron chi connectivity index (χ2n) is 9.82. The number of piperazine rings is 1. The Bertz CT molecular complexity index is 1010. The van der Waals surface area contributed by atoms with Crippen molar-refractivity contribution >= 4 is 17.7 Å². The smallest absolute Gasteiger partial charge is 0.273 e. The molecule has 0 saturated carbocycles. The molecule has 2 aliphatic rings. The highest BCUT2D eigenvalue weighted by molar-refractivity contribution is 5.98. The lowest BCUT2D eigenvalue weighted by atomic mass is 9.94. The second-order valence-corrected chi connectivity index (χ2v) is 9.82. The highest BCUT2D eigenvalue weighted by Gasteiger charge is 2.36. The molecule has 8 nitrogen and oxygen atoms in total. The fraction of sp³-hybridized carbons (Fsp3) is 0.542. The van der Waals surface area contributed by atoms with Crippen LogP contribution in [-0.4, -0.2) is 69.7 Å². The number of nitrogens with zero attached hydrogens (tertiary/aromatic N) is 4. The van der Waals surface area contributed by atoms with Gasteiger partial charge >= 0.3 is 0 Å². The highest BCUT2D eigenvalue weighted by atomic mass is 19.1. The Hall–Kier alpha value is -2.78. The Kier molecular flexibility index (Phi) is 6.54. The minimum Gasteiger partial charge on any atom is -0.395 e. The van der Waals surface area contributed by atoms with E-state index in [0.717, 1.165) is 11.1 Å². The van der Waals surface area contributed by atoms with Crippen molar-refractivity contribution in [2.45, 2.75) is 58.3 Å². The molecule has 1 aromatic carbocycles. The van der Waals surface area contributed by atoms with Crippen LogP contribution in [0.1, 0.15) is 49.3 Å². The first kappa shape index (κ1) is 23.4. The monoisotopic (exact) mass is 456 g/mol. The van der Waals surface area contributed by atoms with Crippen LogP contribution in [0, 0.1) is 5.82 Å². The highest BCUT2D eigenvalue weighted by Crippen LogP contribution is 2.32. The zero-order valence-corrected chi connectivity index (χ0v) is 19.7. The normalized spacial score (nSPS) is 18.8. The van der Waals surface area contributed by atoms with Gasteiger partial charge in [0.2, 0.25) is 5.95 Å². The summed E-state index contributed by atoms with van der Waals surface area (Å²) >= 11 is 0. The van der Waals surface area contributed by atoms with Gasteiger partial charge in [-0.3, -0.25) is 4.79 Å². The van der Waals surface area contributed by atoms with Gasteiger partial charge in [0, 0.05) is 42.8 Å². The number of aliphatic hydroxyl groups excluding tert-OH is 1. The second kappa shape index (κ2) is 9.23. The van der Waals surface area contributed by atoms with Crippen LogP contribution in [-0.2, 0) is 13.0 Å². The summed E-state index contributed by atoms with van der Waals surface area (Å²) in [6, 6.07) is 6.49. The zero-order chi connectivity index (χ0) is 23.8. The average Bonchev–Trinajstić information content (AvgIpc) is 3.12. The van der Waals surface area contributed by atoms with Crippen LogP contribution < -0.4 is 15.5 Å². The summed E-state index contributed by atoms with van der Waals surface area (Å²) in [4.78, 5) is 26.5. The molecule has 1 fully saturated rings. The molecule has 1 amide bonds. The lowest BCUT2D eigenvalue weighted by Crippen LogP contribution is -2.53. The van der Waals surface area contributed by atoms with Gasteiger partial charge in [-0.1, -0.05) is 12.1 Å². The number of benzene rings is 1. The van der Waals surface area contributed by atoms with Crippen molar-refractivity contribution in [1.82, 2.24) is 20.2 Å². The molecule has 0 radical (unpaired) electrons. The van der Waals surface area contributed by atoms with Gasteiger partial charge in [0.05, 0.1) is 13.2 Å². The number of nitrogens with one attached hydrogen (secondary N) is 2. The van der Waals surface area contributed by atoms with E-state index in [9.17, 15) is 14.3 Å². The Morgan fingerprint density at radius 2 is 2.00 bits per heavy atom. The molecule has 2 aromatic rings. The summed E-state index contributed by atoms with van der Waals surface area (Å²) in [5.41, 5.74) is 1.85. The number of hydrogen-bond donors (Lipinski definition) is 3. The van der Waals surface area contributed by atoms with Crippen LogP contribution in [0.2, 0.25) is 0 Å². The van der Waals surface area contributed by atoms with Gasteiger partial charge in [0.15, 0.2) is 0 Å². The van der Waals surface area contributed by atoms with E-state index in [1.54, 1.807) is 17.0 Å².